The first-order valence-electron chi connectivity index (χ1n) is 4.97. The highest BCUT2D eigenvalue weighted by Crippen LogP contribution is 2.30. The first-order valence-corrected chi connectivity index (χ1v) is 4.97. The number of hydrogen-bond donors (Lipinski definition) is 2. The molecule has 0 aliphatic rings. The van der Waals surface area contributed by atoms with E-state index in [0.717, 1.165) is 16.9 Å². The molecule has 0 saturated heterocycles. The fourth-order valence-electron chi connectivity index (χ4n) is 1.40. The molecule has 0 atom stereocenters. The summed E-state index contributed by atoms with van der Waals surface area (Å²) >= 11 is 0. The number of carbonyl (C=O) groups excluding carboxylic acids is 1. The van der Waals surface area contributed by atoms with E-state index >= 15 is 0 Å². The summed E-state index contributed by atoms with van der Waals surface area (Å²) in [6.07, 6.45) is -2.43. The van der Waals surface area contributed by atoms with Gasteiger partial charge in [0, 0.05) is 6.20 Å². The van der Waals surface area contributed by atoms with Crippen molar-refractivity contribution in [1.82, 2.24) is 14.8 Å². The predicted octanol–water partition coefficient (Wildman–Crippen LogP) is 0.967. The average Bonchev–Trinajstić information content (AvgIpc) is 2.77. The average molecular weight is 271 g/mol. The first kappa shape index (κ1) is 12.9. The van der Waals surface area contributed by atoms with Crippen LogP contribution in [0.15, 0.2) is 24.5 Å². The van der Waals surface area contributed by atoms with Gasteiger partial charge >= 0.3 is 6.18 Å². The zero-order chi connectivity index (χ0) is 14.2. The molecule has 100 valence electrons. The van der Waals surface area contributed by atoms with E-state index in [1.165, 1.54) is 12.3 Å². The zero-order valence-corrected chi connectivity index (χ0v) is 9.35. The Morgan fingerprint density at radius 1 is 1.37 bits per heavy atom. The van der Waals surface area contributed by atoms with Crippen molar-refractivity contribution in [2.75, 3.05) is 5.73 Å². The molecule has 1 amide bonds. The van der Waals surface area contributed by atoms with Gasteiger partial charge in [-0.05, 0) is 12.1 Å². The summed E-state index contributed by atoms with van der Waals surface area (Å²) < 4.78 is 38.7. The van der Waals surface area contributed by atoms with E-state index in [1.54, 1.807) is 0 Å². The summed E-state index contributed by atoms with van der Waals surface area (Å²) in [5.74, 6) is -0.789. The van der Waals surface area contributed by atoms with E-state index in [2.05, 4.69) is 10.1 Å². The third-order valence-electron chi connectivity index (χ3n) is 2.29. The minimum absolute atomic E-state index is 0.00730. The van der Waals surface area contributed by atoms with Crippen LogP contribution in [0.4, 0.5) is 18.9 Å². The van der Waals surface area contributed by atoms with Crippen molar-refractivity contribution in [1.29, 1.82) is 0 Å². The zero-order valence-electron chi connectivity index (χ0n) is 9.35. The molecule has 0 fully saturated rings. The van der Waals surface area contributed by atoms with Gasteiger partial charge in [0.15, 0.2) is 0 Å². The first-order chi connectivity index (χ1) is 8.79. The quantitative estimate of drug-likeness (QED) is 0.849. The molecule has 2 rings (SSSR count). The van der Waals surface area contributed by atoms with Crippen LogP contribution in [-0.2, 0) is 6.18 Å². The standard InChI is InChI=1S/C10H8F3N5O/c11-10(12,13)8-3-7(5(14)4-16-8)18-2-1-6(17-18)9(15)19/h1-4H,14H2,(H2,15,19). The fourth-order valence-corrected chi connectivity index (χ4v) is 1.40. The summed E-state index contributed by atoms with van der Waals surface area (Å²) in [4.78, 5) is 14.1. The lowest BCUT2D eigenvalue weighted by atomic mass is 10.3. The fraction of sp³-hybridized carbons (Fsp3) is 0.100. The van der Waals surface area contributed by atoms with E-state index in [4.69, 9.17) is 11.5 Å². The van der Waals surface area contributed by atoms with Crippen molar-refractivity contribution in [3.63, 3.8) is 0 Å². The van der Waals surface area contributed by atoms with Gasteiger partial charge in [-0.1, -0.05) is 0 Å². The SMILES string of the molecule is NC(=O)c1ccn(-c2cc(C(F)(F)F)ncc2N)n1. The number of carbonyl (C=O) groups is 1. The summed E-state index contributed by atoms with van der Waals surface area (Å²) in [5.41, 5.74) is 9.32. The Balaban J connectivity index is 2.51. The molecule has 4 N–H and O–H groups in total. The number of rotatable bonds is 2. The van der Waals surface area contributed by atoms with Crippen molar-refractivity contribution in [2.24, 2.45) is 5.73 Å². The van der Waals surface area contributed by atoms with Crippen LogP contribution in [0.1, 0.15) is 16.2 Å². The number of nitrogen functional groups attached to an aromatic ring is 1. The van der Waals surface area contributed by atoms with Gasteiger partial charge in [0.05, 0.1) is 17.6 Å². The second-order valence-corrected chi connectivity index (χ2v) is 3.64. The molecule has 9 heteroatoms. The van der Waals surface area contributed by atoms with E-state index < -0.39 is 17.8 Å². The molecular formula is C10H8F3N5O. The highest BCUT2D eigenvalue weighted by Gasteiger charge is 2.33. The summed E-state index contributed by atoms with van der Waals surface area (Å²) in [6, 6.07) is 2.02. The molecule has 0 aliphatic heterocycles. The van der Waals surface area contributed by atoms with Crippen LogP contribution in [0.3, 0.4) is 0 Å². The Morgan fingerprint density at radius 3 is 2.58 bits per heavy atom. The molecule has 0 unspecified atom stereocenters. The van der Waals surface area contributed by atoms with Crippen molar-refractivity contribution in [3.05, 3.63) is 35.9 Å². The van der Waals surface area contributed by atoms with Crippen molar-refractivity contribution < 1.29 is 18.0 Å². The van der Waals surface area contributed by atoms with E-state index in [0.29, 0.717) is 0 Å². The van der Waals surface area contributed by atoms with Gasteiger partial charge in [-0.2, -0.15) is 18.3 Å². The summed E-state index contributed by atoms with van der Waals surface area (Å²) in [6.45, 7) is 0. The minimum atomic E-state index is -4.60. The Morgan fingerprint density at radius 2 is 2.05 bits per heavy atom. The van der Waals surface area contributed by atoms with Gasteiger partial charge in [-0.15, -0.1) is 0 Å². The minimum Gasteiger partial charge on any atom is -0.396 e. The van der Waals surface area contributed by atoms with Crippen LogP contribution in [0.2, 0.25) is 0 Å². The molecule has 0 spiro atoms. The Kier molecular flexibility index (Phi) is 2.89. The molecule has 2 heterocycles. The smallest absolute Gasteiger partial charge is 0.396 e. The van der Waals surface area contributed by atoms with Crippen LogP contribution < -0.4 is 11.5 Å². The normalized spacial score (nSPS) is 11.5. The second kappa shape index (κ2) is 4.26. The summed E-state index contributed by atoms with van der Waals surface area (Å²) in [7, 11) is 0. The largest absolute Gasteiger partial charge is 0.433 e. The van der Waals surface area contributed by atoms with Crippen LogP contribution in [-0.4, -0.2) is 20.7 Å². The lowest BCUT2D eigenvalue weighted by molar-refractivity contribution is -0.141. The van der Waals surface area contributed by atoms with Crippen molar-refractivity contribution >= 4 is 11.6 Å². The molecule has 19 heavy (non-hydrogen) atoms. The number of aromatic nitrogens is 3. The van der Waals surface area contributed by atoms with E-state index in [1.807, 2.05) is 0 Å². The maximum atomic E-state index is 12.5. The molecule has 0 aliphatic carbocycles. The molecule has 2 aromatic rings. The third kappa shape index (κ3) is 2.49. The lowest BCUT2D eigenvalue weighted by Gasteiger charge is -2.10. The van der Waals surface area contributed by atoms with Crippen LogP contribution in [0.25, 0.3) is 5.69 Å². The highest BCUT2D eigenvalue weighted by atomic mass is 19.4. The van der Waals surface area contributed by atoms with E-state index in [9.17, 15) is 18.0 Å². The van der Waals surface area contributed by atoms with Crippen molar-refractivity contribution in [3.8, 4) is 5.69 Å². The van der Waals surface area contributed by atoms with Crippen LogP contribution in [0.5, 0.6) is 0 Å². The van der Waals surface area contributed by atoms with Crippen LogP contribution in [0, 0.1) is 0 Å². The number of hydrogen-bond acceptors (Lipinski definition) is 4. The number of anilines is 1. The van der Waals surface area contributed by atoms with Gasteiger partial charge in [-0.25, -0.2) is 9.67 Å². The Labute approximate surface area is 104 Å². The predicted molar refractivity (Wildman–Crippen MR) is 59.3 cm³/mol. The summed E-state index contributed by atoms with van der Waals surface area (Å²) in [5, 5.41) is 3.73. The molecule has 0 saturated carbocycles. The van der Waals surface area contributed by atoms with Gasteiger partial charge < -0.3 is 11.5 Å². The Hall–Kier alpha value is -2.58. The maximum absolute atomic E-state index is 12.5. The monoisotopic (exact) mass is 271 g/mol. The molecule has 0 aromatic carbocycles. The van der Waals surface area contributed by atoms with Gasteiger partial charge in [-0.3, -0.25) is 4.79 Å². The molecule has 6 nitrogen and oxygen atoms in total. The molecule has 0 radical (unpaired) electrons. The molecule has 0 bridgehead atoms. The number of nitrogens with two attached hydrogens (primary N) is 2. The number of pyridine rings is 1. The van der Waals surface area contributed by atoms with E-state index in [-0.39, 0.29) is 17.1 Å². The van der Waals surface area contributed by atoms with Crippen LogP contribution >= 0.6 is 0 Å². The number of primary amides is 1. The van der Waals surface area contributed by atoms with Crippen molar-refractivity contribution in [2.45, 2.75) is 6.18 Å². The highest BCUT2D eigenvalue weighted by molar-refractivity contribution is 5.90. The maximum Gasteiger partial charge on any atom is 0.433 e. The number of alkyl halides is 3. The number of nitrogens with zero attached hydrogens (tertiary/aromatic N) is 3. The third-order valence-corrected chi connectivity index (χ3v) is 2.29. The van der Waals surface area contributed by atoms with Gasteiger partial charge in [0.25, 0.3) is 5.91 Å². The number of amides is 1. The lowest BCUT2D eigenvalue weighted by Crippen LogP contribution is -2.13. The topological polar surface area (TPSA) is 99.8 Å². The van der Waals surface area contributed by atoms with Gasteiger partial charge in [0.1, 0.15) is 11.4 Å². The molecule has 2 aromatic heterocycles. The number of halogens is 3. The second-order valence-electron chi connectivity index (χ2n) is 3.64. The molecular weight excluding hydrogens is 263 g/mol. The Bertz CT molecular complexity index is 634. The van der Waals surface area contributed by atoms with Gasteiger partial charge in [0.2, 0.25) is 0 Å².